The van der Waals surface area contributed by atoms with Crippen molar-refractivity contribution in [3.05, 3.63) is 24.3 Å². The minimum absolute atomic E-state index is 0.0438. The zero-order valence-electron chi connectivity index (χ0n) is 19.0. The number of carbonyl (C=O) groups excluding carboxylic acids is 2. The van der Waals surface area contributed by atoms with E-state index in [1.54, 1.807) is 14.0 Å². The molecule has 1 aromatic heterocycles. The van der Waals surface area contributed by atoms with Crippen LogP contribution < -0.4 is 10.1 Å². The standard InChI is InChI=1S/C21H29N5O5S2/c1-4-25(12-18(27)22-16-10-11-33(29,30)14-16)19(28)13-32-21-24-23-20(26(21)5-2)15-6-8-17(31-3)9-7-15/h6-9,16H,4-5,10-14H2,1-3H3,(H,22,27). The number of rotatable bonds is 10. The predicted octanol–water partition coefficient (Wildman–Crippen LogP) is 1.22. The van der Waals surface area contributed by atoms with Crippen LogP contribution in [-0.2, 0) is 26.0 Å². The number of ether oxygens (including phenoxy) is 1. The lowest BCUT2D eigenvalue weighted by atomic mass is 10.2. The maximum atomic E-state index is 12.7. The van der Waals surface area contributed by atoms with Crippen LogP contribution in [0.4, 0.5) is 0 Å². The van der Waals surface area contributed by atoms with Crippen molar-refractivity contribution in [2.24, 2.45) is 0 Å². The van der Waals surface area contributed by atoms with Crippen molar-refractivity contribution in [3.8, 4) is 17.1 Å². The SMILES string of the molecule is CCN(CC(=O)NC1CCS(=O)(=O)C1)C(=O)CSc1nnc(-c2ccc(OC)cc2)n1CC. The summed E-state index contributed by atoms with van der Waals surface area (Å²) in [6.07, 6.45) is 0.410. The number of likely N-dealkylation sites (N-methyl/N-ethyl adjacent to an activating group) is 1. The quantitative estimate of drug-likeness (QED) is 0.488. The van der Waals surface area contributed by atoms with Crippen LogP contribution >= 0.6 is 11.8 Å². The second-order valence-electron chi connectivity index (χ2n) is 7.64. The highest BCUT2D eigenvalue weighted by molar-refractivity contribution is 7.99. The number of aromatic nitrogens is 3. The highest BCUT2D eigenvalue weighted by Gasteiger charge is 2.29. The third-order valence-electron chi connectivity index (χ3n) is 5.37. The Labute approximate surface area is 198 Å². The molecule has 1 saturated heterocycles. The monoisotopic (exact) mass is 495 g/mol. The molecule has 1 atom stereocenters. The summed E-state index contributed by atoms with van der Waals surface area (Å²) < 4.78 is 30.3. The van der Waals surface area contributed by atoms with Crippen molar-refractivity contribution in [2.45, 2.75) is 38.0 Å². The first-order valence-corrected chi connectivity index (χ1v) is 13.5. The predicted molar refractivity (Wildman–Crippen MR) is 126 cm³/mol. The van der Waals surface area contributed by atoms with E-state index in [2.05, 4.69) is 15.5 Å². The molecule has 1 N–H and O–H groups in total. The van der Waals surface area contributed by atoms with E-state index in [-0.39, 0.29) is 41.7 Å². The Hall–Kier alpha value is -2.60. The van der Waals surface area contributed by atoms with Crippen molar-refractivity contribution >= 4 is 33.4 Å². The number of methoxy groups -OCH3 is 1. The summed E-state index contributed by atoms with van der Waals surface area (Å²) in [4.78, 5) is 26.5. The molecule has 33 heavy (non-hydrogen) atoms. The summed E-state index contributed by atoms with van der Waals surface area (Å²) in [5.74, 6) is 1.05. The molecule has 0 spiro atoms. The minimum Gasteiger partial charge on any atom is -0.497 e. The fourth-order valence-corrected chi connectivity index (χ4v) is 6.16. The molecule has 1 aromatic carbocycles. The lowest BCUT2D eigenvalue weighted by Crippen LogP contribution is -2.45. The number of nitrogens with zero attached hydrogens (tertiary/aromatic N) is 4. The summed E-state index contributed by atoms with van der Waals surface area (Å²) in [6, 6.07) is 7.13. The Morgan fingerprint density at radius 3 is 2.55 bits per heavy atom. The summed E-state index contributed by atoms with van der Waals surface area (Å²) in [5.41, 5.74) is 0.893. The first-order valence-electron chi connectivity index (χ1n) is 10.7. The number of benzene rings is 1. The van der Waals surface area contributed by atoms with E-state index in [1.165, 1.54) is 16.7 Å². The second-order valence-corrected chi connectivity index (χ2v) is 10.8. The third kappa shape index (κ3) is 6.47. The van der Waals surface area contributed by atoms with E-state index in [9.17, 15) is 18.0 Å². The molecule has 10 nitrogen and oxygen atoms in total. The van der Waals surface area contributed by atoms with Gasteiger partial charge in [-0.05, 0) is 44.5 Å². The molecule has 2 heterocycles. The Morgan fingerprint density at radius 2 is 1.97 bits per heavy atom. The van der Waals surface area contributed by atoms with Crippen molar-refractivity contribution < 1.29 is 22.7 Å². The molecule has 0 radical (unpaired) electrons. The number of thioether (sulfide) groups is 1. The Kier molecular flexibility index (Phi) is 8.35. The Balaban J connectivity index is 1.58. The lowest BCUT2D eigenvalue weighted by molar-refractivity contribution is -0.134. The van der Waals surface area contributed by atoms with Gasteiger partial charge in [0.2, 0.25) is 11.8 Å². The summed E-state index contributed by atoms with van der Waals surface area (Å²) in [7, 11) is -1.47. The molecule has 1 aliphatic rings. The van der Waals surface area contributed by atoms with E-state index >= 15 is 0 Å². The molecule has 12 heteroatoms. The van der Waals surface area contributed by atoms with Crippen LogP contribution in [0.1, 0.15) is 20.3 Å². The van der Waals surface area contributed by atoms with Crippen LogP contribution in [0, 0.1) is 0 Å². The average Bonchev–Trinajstić information content (AvgIpc) is 3.37. The van der Waals surface area contributed by atoms with Gasteiger partial charge < -0.3 is 19.5 Å². The van der Waals surface area contributed by atoms with Crippen LogP contribution in [0.15, 0.2) is 29.4 Å². The van der Waals surface area contributed by atoms with Gasteiger partial charge in [0, 0.05) is 24.7 Å². The lowest BCUT2D eigenvalue weighted by Gasteiger charge is -2.21. The number of hydrogen-bond acceptors (Lipinski definition) is 8. The van der Waals surface area contributed by atoms with Gasteiger partial charge in [0.15, 0.2) is 20.8 Å². The van der Waals surface area contributed by atoms with Gasteiger partial charge in [0.1, 0.15) is 5.75 Å². The van der Waals surface area contributed by atoms with Gasteiger partial charge in [-0.3, -0.25) is 9.59 Å². The van der Waals surface area contributed by atoms with E-state index in [0.29, 0.717) is 30.5 Å². The minimum atomic E-state index is -3.08. The van der Waals surface area contributed by atoms with Crippen molar-refractivity contribution in [1.82, 2.24) is 25.0 Å². The molecule has 0 aliphatic carbocycles. The van der Waals surface area contributed by atoms with Crippen LogP contribution in [0.5, 0.6) is 5.75 Å². The molecule has 180 valence electrons. The van der Waals surface area contributed by atoms with E-state index < -0.39 is 9.84 Å². The topological polar surface area (TPSA) is 123 Å². The maximum absolute atomic E-state index is 12.7. The van der Waals surface area contributed by atoms with Crippen molar-refractivity contribution in [2.75, 3.05) is 37.5 Å². The summed E-state index contributed by atoms with van der Waals surface area (Å²) >= 11 is 1.27. The summed E-state index contributed by atoms with van der Waals surface area (Å²) in [6.45, 7) is 4.67. The third-order valence-corrected chi connectivity index (χ3v) is 8.09. The molecule has 0 bridgehead atoms. The van der Waals surface area contributed by atoms with Crippen LogP contribution in [0.3, 0.4) is 0 Å². The molecule has 1 unspecified atom stereocenters. The number of sulfone groups is 1. The largest absolute Gasteiger partial charge is 0.497 e. The molecular weight excluding hydrogens is 466 g/mol. The zero-order valence-corrected chi connectivity index (χ0v) is 20.6. The molecule has 0 saturated carbocycles. The van der Waals surface area contributed by atoms with Crippen LogP contribution in [-0.4, -0.2) is 83.4 Å². The van der Waals surface area contributed by atoms with Crippen molar-refractivity contribution in [1.29, 1.82) is 0 Å². The fourth-order valence-electron chi connectivity index (χ4n) is 3.58. The second kappa shape index (κ2) is 11.0. The van der Waals surface area contributed by atoms with Gasteiger partial charge in [-0.15, -0.1) is 10.2 Å². The summed E-state index contributed by atoms with van der Waals surface area (Å²) in [5, 5.41) is 11.9. The van der Waals surface area contributed by atoms with Crippen LogP contribution in [0.25, 0.3) is 11.4 Å². The number of amides is 2. The molecular formula is C21H29N5O5S2. The van der Waals surface area contributed by atoms with E-state index in [0.717, 1.165) is 11.3 Å². The highest BCUT2D eigenvalue weighted by atomic mass is 32.2. The van der Waals surface area contributed by atoms with Gasteiger partial charge in [-0.2, -0.15) is 0 Å². The van der Waals surface area contributed by atoms with Crippen molar-refractivity contribution in [3.63, 3.8) is 0 Å². The van der Waals surface area contributed by atoms with Gasteiger partial charge >= 0.3 is 0 Å². The normalized spacial score (nSPS) is 17.0. The molecule has 1 fully saturated rings. The van der Waals surface area contributed by atoms with E-state index in [1.807, 2.05) is 35.8 Å². The van der Waals surface area contributed by atoms with Gasteiger partial charge in [0.05, 0.1) is 30.9 Å². The van der Waals surface area contributed by atoms with Gasteiger partial charge in [-0.1, -0.05) is 11.8 Å². The first-order chi connectivity index (χ1) is 15.8. The molecule has 1 aliphatic heterocycles. The molecule has 2 amide bonds. The smallest absolute Gasteiger partial charge is 0.239 e. The Bertz CT molecular complexity index is 1080. The zero-order chi connectivity index (χ0) is 24.0. The maximum Gasteiger partial charge on any atom is 0.239 e. The Morgan fingerprint density at radius 1 is 1.24 bits per heavy atom. The average molecular weight is 496 g/mol. The first kappa shape index (κ1) is 25.0. The van der Waals surface area contributed by atoms with Gasteiger partial charge in [0.25, 0.3) is 0 Å². The highest BCUT2D eigenvalue weighted by Crippen LogP contribution is 2.25. The number of hydrogen-bond donors (Lipinski definition) is 1. The van der Waals surface area contributed by atoms with Crippen LogP contribution in [0.2, 0.25) is 0 Å². The number of nitrogens with one attached hydrogen (secondary N) is 1. The molecule has 3 rings (SSSR count). The fraction of sp³-hybridized carbons (Fsp3) is 0.524. The molecule has 2 aromatic rings. The van der Waals surface area contributed by atoms with Gasteiger partial charge in [-0.25, -0.2) is 8.42 Å². The number of carbonyl (C=O) groups is 2. The van der Waals surface area contributed by atoms with E-state index in [4.69, 9.17) is 4.74 Å².